The van der Waals surface area contributed by atoms with Gasteiger partial charge < -0.3 is 13.6 Å². The molecule has 0 saturated carbocycles. The molecule has 5 nitrogen and oxygen atoms in total. The van der Waals surface area contributed by atoms with Crippen LogP contribution in [0.4, 0.5) is 0 Å². The Hall–Kier alpha value is -3.09. The summed E-state index contributed by atoms with van der Waals surface area (Å²) in [7, 11) is 0. The van der Waals surface area contributed by atoms with Crippen LogP contribution in [0.2, 0.25) is 5.02 Å². The SMILES string of the molecule is O=C(/C=C/c1ccccc1Cl)Oc1c(-c2ccc(Br)o2)oc2ccccc2c1=O. The fourth-order valence-corrected chi connectivity index (χ4v) is 3.22. The first-order valence-corrected chi connectivity index (χ1v) is 9.66. The van der Waals surface area contributed by atoms with Gasteiger partial charge in [-0.25, -0.2) is 4.79 Å². The van der Waals surface area contributed by atoms with Crippen molar-refractivity contribution in [3.05, 3.63) is 92.2 Å². The minimum absolute atomic E-state index is 0.0268. The van der Waals surface area contributed by atoms with E-state index >= 15 is 0 Å². The fraction of sp³-hybridized carbons (Fsp3) is 0. The summed E-state index contributed by atoms with van der Waals surface area (Å²) in [6.07, 6.45) is 2.70. The Morgan fingerprint density at radius 3 is 2.52 bits per heavy atom. The number of para-hydroxylation sites is 1. The maximum Gasteiger partial charge on any atom is 0.336 e. The first-order chi connectivity index (χ1) is 14.0. The molecular formula is C22H12BrClO5. The van der Waals surface area contributed by atoms with Crippen LogP contribution in [0.5, 0.6) is 5.75 Å². The largest absolute Gasteiger partial charge is 0.449 e. The number of furan rings is 1. The first kappa shape index (κ1) is 19.2. The third-order valence-corrected chi connectivity index (χ3v) is 4.83. The maximum atomic E-state index is 13.0. The summed E-state index contributed by atoms with van der Waals surface area (Å²) < 4.78 is 17.1. The number of hydrogen-bond donors (Lipinski definition) is 0. The highest BCUT2D eigenvalue weighted by Gasteiger charge is 2.22. The number of carbonyl (C=O) groups is 1. The van der Waals surface area contributed by atoms with Gasteiger partial charge in [0.2, 0.25) is 16.9 Å². The molecule has 0 aliphatic rings. The highest BCUT2D eigenvalue weighted by atomic mass is 79.9. The quantitative estimate of drug-likeness (QED) is 0.266. The van der Waals surface area contributed by atoms with Crippen molar-refractivity contribution in [2.75, 3.05) is 0 Å². The van der Waals surface area contributed by atoms with Gasteiger partial charge >= 0.3 is 5.97 Å². The molecule has 2 aromatic carbocycles. The van der Waals surface area contributed by atoms with Crippen LogP contribution in [0.15, 0.2) is 85.0 Å². The molecule has 0 N–H and O–H groups in total. The van der Waals surface area contributed by atoms with Crippen molar-refractivity contribution in [2.45, 2.75) is 0 Å². The molecule has 0 amide bonds. The molecule has 0 unspecified atom stereocenters. The van der Waals surface area contributed by atoms with Gasteiger partial charge in [-0.2, -0.15) is 0 Å². The Morgan fingerprint density at radius 2 is 1.76 bits per heavy atom. The number of halogens is 2. The Bertz CT molecular complexity index is 1300. The Labute approximate surface area is 178 Å². The molecule has 29 heavy (non-hydrogen) atoms. The third kappa shape index (κ3) is 4.04. The average Bonchev–Trinajstić information content (AvgIpc) is 3.15. The number of ether oxygens (including phenoxy) is 1. The van der Waals surface area contributed by atoms with E-state index in [1.54, 1.807) is 60.7 Å². The molecule has 0 atom stereocenters. The van der Waals surface area contributed by atoms with E-state index in [-0.39, 0.29) is 17.3 Å². The summed E-state index contributed by atoms with van der Waals surface area (Å²) in [6.45, 7) is 0. The molecule has 0 fully saturated rings. The summed E-state index contributed by atoms with van der Waals surface area (Å²) in [5.41, 5.74) is 0.521. The van der Waals surface area contributed by atoms with E-state index in [2.05, 4.69) is 15.9 Å². The highest BCUT2D eigenvalue weighted by molar-refractivity contribution is 9.10. The molecule has 144 valence electrons. The van der Waals surface area contributed by atoms with Crippen molar-refractivity contribution in [3.63, 3.8) is 0 Å². The minimum Gasteiger partial charge on any atom is -0.449 e. The fourth-order valence-electron chi connectivity index (χ4n) is 2.72. The molecule has 2 heterocycles. The zero-order valence-corrected chi connectivity index (χ0v) is 17.1. The van der Waals surface area contributed by atoms with E-state index in [4.69, 9.17) is 25.2 Å². The van der Waals surface area contributed by atoms with E-state index in [0.717, 1.165) is 0 Å². The average molecular weight is 472 g/mol. The number of rotatable bonds is 4. The maximum absolute atomic E-state index is 13.0. The Balaban J connectivity index is 1.76. The topological polar surface area (TPSA) is 69.7 Å². The van der Waals surface area contributed by atoms with Gasteiger partial charge in [-0.3, -0.25) is 4.79 Å². The van der Waals surface area contributed by atoms with Crippen LogP contribution < -0.4 is 10.2 Å². The van der Waals surface area contributed by atoms with Gasteiger partial charge in [0.05, 0.1) is 5.39 Å². The predicted octanol–water partition coefficient (Wildman–Crippen LogP) is 6.09. The van der Waals surface area contributed by atoms with Gasteiger partial charge in [-0.1, -0.05) is 41.9 Å². The molecule has 0 aliphatic carbocycles. The molecule has 4 rings (SSSR count). The van der Waals surface area contributed by atoms with E-state index in [9.17, 15) is 9.59 Å². The summed E-state index contributed by atoms with van der Waals surface area (Å²) in [6, 6.07) is 17.0. The van der Waals surface area contributed by atoms with Gasteiger partial charge in [-0.05, 0) is 57.9 Å². The van der Waals surface area contributed by atoms with Crippen LogP contribution in [0.25, 0.3) is 28.6 Å². The molecule has 0 saturated heterocycles. The molecule has 0 aliphatic heterocycles. The highest BCUT2D eigenvalue weighted by Crippen LogP contribution is 2.33. The second kappa shape index (κ2) is 8.11. The second-order valence-corrected chi connectivity index (χ2v) is 7.15. The lowest BCUT2D eigenvalue weighted by Crippen LogP contribution is -2.14. The minimum atomic E-state index is -0.751. The van der Waals surface area contributed by atoms with Gasteiger partial charge in [0, 0.05) is 11.1 Å². The van der Waals surface area contributed by atoms with Crippen LogP contribution >= 0.6 is 27.5 Å². The Morgan fingerprint density at radius 1 is 1.00 bits per heavy atom. The lowest BCUT2D eigenvalue weighted by molar-refractivity contribution is -0.129. The summed E-state index contributed by atoms with van der Waals surface area (Å²) in [5.74, 6) is -0.727. The van der Waals surface area contributed by atoms with Crippen molar-refractivity contribution in [3.8, 4) is 17.3 Å². The van der Waals surface area contributed by atoms with Crippen molar-refractivity contribution in [1.82, 2.24) is 0 Å². The van der Waals surface area contributed by atoms with E-state index < -0.39 is 11.4 Å². The molecule has 7 heteroatoms. The number of esters is 1. The molecule has 0 spiro atoms. The first-order valence-electron chi connectivity index (χ1n) is 8.49. The monoisotopic (exact) mass is 470 g/mol. The van der Waals surface area contributed by atoms with E-state index in [1.807, 2.05) is 0 Å². The molecular weight excluding hydrogens is 460 g/mol. The van der Waals surface area contributed by atoms with Crippen LogP contribution in [0.1, 0.15) is 5.56 Å². The van der Waals surface area contributed by atoms with Crippen LogP contribution in [0, 0.1) is 0 Å². The lowest BCUT2D eigenvalue weighted by atomic mass is 10.2. The molecule has 4 aromatic rings. The van der Waals surface area contributed by atoms with Crippen LogP contribution in [-0.4, -0.2) is 5.97 Å². The lowest BCUT2D eigenvalue weighted by Gasteiger charge is -2.07. The van der Waals surface area contributed by atoms with Gasteiger partial charge in [0.15, 0.2) is 10.4 Å². The molecule has 0 radical (unpaired) electrons. The van der Waals surface area contributed by atoms with Gasteiger partial charge in [0.1, 0.15) is 5.58 Å². The van der Waals surface area contributed by atoms with Crippen molar-refractivity contribution in [2.24, 2.45) is 0 Å². The van der Waals surface area contributed by atoms with Gasteiger partial charge in [-0.15, -0.1) is 0 Å². The van der Waals surface area contributed by atoms with E-state index in [1.165, 1.54) is 12.2 Å². The summed E-state index contributed by atoms with van der Waals surface area (Å²) in [4.78, 5) is 25.4. The summed E-state index contributed by atoms with van der Waals surface area (Å²) in [5, 5.41) is 0.780. The number of hydrogen-bond acceptors (Lipinski definition) is 5. The predicted molar refractivity (Wildman–Crippen MR) is 114 cm³/mol. The second-order valence-electron chi connectivity index (χ2n) is 5.97. The molecule has 0 bridgehead atoms. The number of benzene rings is 2. The molecule has 2 aromatic heterocycles. The number of carbonyl (C=O) groups excluding carboxylic acids is 1. The number of fused-ring (bicyclic) bond motifs is 1. The van der Waals surface area contributed by atoms with Gasteiger partial charge in [0.25, 0.3) is 0 Å². The van der Waals surface area contributed by atoms with Crippen molar-refractivity contribution in [1.29, 1.82) is 0 Å². The zero-order chi connectivity index (χ0) is 20.4. The van der Waals surface area contributed by atoms with Crippen molar-refractivity contribution >= 4 is 50.5 Å². The smallest absolute Gasteiger partial charge is 0.336 e. The third-order valence-electron chi connectivity index (χ3n) is 4.06. The van der Waals surface area contributed by atoms with E-state index in [0.29, 0.717) is 26.2 Å². The van der Waals surface area contributed by atoms with Crippen LogP contribution in [0.3, 0.4) is 0 Å². The van der Waals surface area contributed by atoms with Crippen LogP contribution in [-0.2, 0) is 4.79 Å². The van der Waals surface area contributed by atoms with Crippen molar-refractivity contribution < 1.29 is 18.4 Å². The zero-order valence-electron chi connectivity index (χ0n) is 14.7. The standard InChI is InChI=1S/C22H12BrClO5/c23-18-11-10-17(27-18)21-22(20(26)14-6-2-4-8-16(14)28-21)29-19(25)12-9-13-5-1-3-7-15(13)24/h1-12H/b12-9+. The normalized spacial score (nSPS) is 11.2. The summed E-state index contributed by atoms with van der Waals surface area (Å²) >= 11 is 9.29. The Kier molecular flexibility index (Phi) is 5.38.